The molecule has 0 saturated heterocycles. The molecule has 0 aliphatic heterocycles. The lowest BCUT2D eigenvalue weighted by Gasteiger charge is -2.08. The van der Waals surface area contributed by atoms with Crippen LogP contribution in [0.2, 0.25) is 5.02 Å². The van der Waals surface area contributed by atoms with Gasteiger partial charge < -0.3 is 19.8 Å². The van der Waals surface area contributed by atoms with Crippen molar-refractivity contribution in [2.24, 2.45) is 0 Å². The maximum Gasteiger partial charge on any atom is 0.258 e. The number of benzene rings is 1. The second kappa shape index (κ2) is 7.67. The van der Waals surface area contributed by atoms with E-state index in [0.717, 1.165) is 5.76 Å². The molecule has 2 heterocycles. The van der Waals surface area contributed by atoms with Crippen molar-refractivity contribution < 1.29 is 13.9 Å². The highest BCUT2D eigenvalue weighted by Gasteiger charge is 2.09. The van der Waals surface area contributed by atoms with Crippen LogP contribution in [0.3, 0.4) is 0 Å². The van der Waals surface area contributed by atoms with Gasteiger partial charge in [-0.05, 0) is 30.3 Å². The molecule has 3 rings (SSSR count). The number of methoxy groups -OCH3 is 1. The van der Waals surface area contributed by atoms with Crippen molar-refractivity contribution in [1.82, 2.24) is 9.97 Å². The highest BCUT2D eigenvalue weighted by molar-refractivity contribution is 6.32. The van der Waals surface area contributed by atoms with E-state index < -0.39 is 0 Å². The molecule has 0 unspecified atom stereocenters. The first kappa shape index (κ1) is 16.8. The van der Waals surface area contributed by atoms with Crippen LogP contribution in [-0.4, -0.2) is 23.0 Å². The minimum Gasteiger partial charge on any atom is -0.495 e. The predicted molar refractivity (Wildman–Crippen MR) is 94.0 cm³/mol. The predicted octanol–water partition coefficient (Wildman–Crippen LogP) is 3.60. The number of furan rings is 1. The van der Waals surface area contributed by atoms with Crippen LogP contribution in [0.4, 0.5) is 11.6 Å². The molecule has 2 aromatic heterocycles. The van der Waals surface area contributed by atoms with Crippen LogP contribution in [0.25, 0.3) is 0 Å². The molecule has 0 atom stereocenters. The lowest BCUT2D eigenvalue weighted by atomic mass is 10.2. The largest absolute Gasteiger partial charge is 0.495 e. The number of aromatic nitrogens is 2. The van der Waals surface area contributed by atoms with E-state index >= 15 is 0 Å². The number of ether oxygens (including phenoxy) is 1. The Morgan fingerprint density at radius 1 is 1.28 bits per heavy atom. The van der Waals surface area contributed by atoms with Gasteiger partial charge in [0.2, 0.25) is 5.95 Å². The fraction of sp³-hybridized carbons (Fsp3) is 0.118. The van der Waals surface area contributed by atoms with Crippen molar-refractivity contribution in [3.63, 3.8) is 0 Å². The van der Waals surface area contributed by atoms with E-state index in [1.54, 1.807) is 30.5 Å². The Hall–Kier alpha value is -3.06. The molecule has 3 aromatic rings. The summed E-state index contributed by atoms with van der Waals surface area (Å²) in [4.78, 5) is 20.5. The van der Waals surface area contributed by atoms with Gasteiger partial charge in [0, 0.05) is 18.1 Å². The monoisotopic (exact) mass is 358 g/mol. The van der Waals surface area contributed by atoms with Gasteiger partial charge in [-0.3, -0.25) is 4.79 Å². The van der Waals surface area contributed by atoms with Crippen molar-refractivity contribution >= 4 is 29.1 Å². The average molecular weight is 359 g/mol. The fourth-order valence-corrected chi connectivity index (χ4v) is 2.32. The molecule has 0 spiro atoms. The Morgan fingerprint density at radius 2 is 2.08 bits per heavy atom. The van der Waals surface area contributed by atoms with Gasteiger partial charge in [-0.15, -0.1) is 0 Å². The summed E-state index contributed by atoms with van der Waals surface area (Å²) in [5.74, 6) is 1.37. The zero-order valence-corrected chi connectivity index (χ0v) is 14.1. The van der Waals surface area contributed by atoms with Crippen molar-refractivity contribution in [3.8, 4) is 5.75 Å². The van der Waals surface area contributed by atoms with Crippen LogP contribution in [0, 0.1) is 0 Å². The van der Waals surface area contributed by atoms with E-state index in [9.17, 15) is 4.79 Å². The molecule has 0 radical (unpaired) electrons. The van der Waals surface area contributed by atoms with Crippen LogP contribution < -0.4 is 15.4 Å². The third kappa shape index (κ3) is 4.27. The van der Waals surface area contributed by atoms with Gasteiger partial charge in [0.1, 0.15) is 11.5 Å². The molecule has 1 amide bonds. The Labute approximate surface area is 149 Å². The molecule has 0 aliphatic rings. The summed E-state index contributed by atoms with van der Waals surface area (Å²) in [5.41, 5.74) is 0.881. The van der Waals surface area contributed by atoms with Crippen LogP contribution >= 0.6 is 11.6 Å². The van der Waals surface area contributed by atoms with E-state index in [2.05, 4.69) is 20.6 Å². The molecular weight excluding hydrogens is 344 g/mol. The number of anilines is 2. The Bertz CT molecular complexity index is 851. The summed E-state index contributed by atoms with van der Waals surface area (Å²) in [6.45, 7) is 0.461. The van der Waals surface area contributed by atoms with Gasteiger partial charge in [-0.25, -0.2) is 9.97 Å². The number of nitrogens with zero attached hydrogens (tertiary/aromatic N) is 2. The molecule has 0 aliphatic carbocycles. The summed E-state index contributed by atoms with van der Waals surface area (Å²) in [6, 6.07) is 8.63. The number of carbonyl (C=O) groups excluding carboxylic acids is 1. The Balaban J connectivity index is 1.61. The van der Waals surface area contributed by atoms with Crippen LogP contribution in [0.5, 0.6) is 5.75 Å². The molecule has 25 heavy (non-hydrogen) atoms. The number of carbonyl (C=O) groups is 1. The lowest BCUT2D eigenvalue weighted by molar-refractivity contribution is 0.102. The summed E-state index contributed by atoms with van der Waals surface area (Å²) in [5, 5.41) is 6.14. The maximum absolute atomic E-state index is 12.2. The van der Waals surface area contributed by atoms with Crippen LogP contribution in [-0.2, 0) is 6.54 Å². The van der Waals surface area contributed by atoms with E-state index in [1.165, 1.54) is 19.5 Å². The third-order valence-corrected chi connectivity index (χ3v) is 3.62. The molecule has 0 fully saturated rings. The average Bonchev–Trinajstić information content (AvgIpc) is 3.14. The van der Waals surface area contributed by atoms with E-state index in [-0.39, 0.29) is 5.91 Å². The van der Waals surface area contributed by atoms with Gasteiger partial charge >= 0.3 is 0 Å². The number of halogens is 1. The third-order valence-electron chi connectivity index (χ3n) is 3.32. The molecule has 2 N–H and O–H groups in total. The zero-order chi connectivity index (χ0) is 17.6. The first-order valence-electron chi connectivity index (χ1n) is 7.39. The topological polar surface area (TPSA) is 89.3 Å². The standard InChI is InChI=1S/C17H15ClN4O3/c1-24-15-5-4-12(7-14(15)18)22-16(23)11-8-19-17(20-9-11)21-10-13-3-2-6-25-13/h2-9H,10H2,1H3,(H,22,23)(H,19,20,21). The molecule has 128 valence electrons. The highest BCUT2D eigenvalue weighted by Crippen LogP contribution is 2.27. The quantitative estimate of drug-likeness (QED) is 0.699. The van der Waals surface area contributed by atoms with E-state index in [4.69, 9.17) is 20.8 Å². The summed E-state index contributed by atoms with van der Waals surface area (Å²) >= 11 is 6.04. The van der Waals surface area contributed by atoms with Crippen molar-refractivity contribution in [2.45, 2.75) is 6.54 Å². The molecule has 1 aromatic carbocycles. The maximum atomic E-state index is 12.2. The normalized spacial score (nSPS) is 10.3. The number of amides is 1. The zero-order valence-electron chi connectivity index (χ0n) is 13.3. The van der Waals surface area contributed by atoms with Crippen molar-refractivity contribution in [3.05, 3.63) is 65.3 Å². The van der Waals surface area contributed by atoms with Gasteiger partial charge in [-0.2, -0.15) is 0 Å². The van der Waals surface area contributed by atoms with E-state index in [0.29, 0.717) is 34.5 Å². The Morgan fingerprint density at radius 3 is 2.72 bits per heavy atom. The summed E-state index contributed by atoms with van der Waals surface area (Å²) in [7, 11) is 1.53. The molecule has 0 bridgehead atoms. The molecular formula is C17H15ClN4O3. The second-order valence-electron chi connectivity index (χ2n) is 5.03. The number of hydrogen-bond acceptors (Lipinski definition) is 6. The molecule has 7 nitrogen and oxygen atoms in total. The van der Waals surface area contributed by atoms with Gasteiger partial charge in [0.05, 0.1) is 30.5 Å². The van der Waals surface area contributed by atoms with E-state index in [1.807, 2.05) is 6.07 Å². The first-order chi connectivity index (χ1) is 12.2. The number of hydrogen-bond donors (Lipinski definition) is 2. The second-order valence-corrected chi connectivity index (χ2v) is 5.44. The van der Waals surface area contributed by atoms with Crippen LogP contribution in [0.1, 0.15) is 16.1 Å². The SMILES string of the molecule is COc1ccc(NC(=O)c2cnc(NCc3ccco3)nc2)cc1Cl. The van der Waals surface area contributed by atoms with Crippen molar-refractivity contribution in [1.29, 1.82) is 0 Å². The highest BCUT2D eigenvalue weighted by atomic mass is 35.5. The number of nitrogens with one attached hydrogen (secondary N) is 2. The number of rotatable bonds is 6. The van der Waals surface area contributed by atoms with Crippen molar-refractivity contribution in [2.75, 3.05) is 17.7 Å². The minimum absolute atomic E-state index is 0.329. The minimum atomic E-state index is -0.334. The summed E-state index contributed by atoms with van der Waals surface area (Å²) < 4.78 is 10.3. The smallest absolute Gasteiger partial charge is 0.258 e. The first-order valence-corrected chi connectivity index (χ1v) is 7.76. The van der Waals surface area contributed by atoms with Gasteiger partial charge in [-0.1, -0.05) is 11.6 Å². The molecule has 8 heteroatoms. The van der Waals surface area contributed by atoms with Gasteiger partial charge in [0.15, 0.2) is 0 Å². The fourth-order valence-electron chi connectivity index (χ4n) is 2.06. The lowest BCUT2D eigenvalue weighted by Crippen LogP contribution is -2.13. The Kier molecular flexibility index (Phi) is 5.15. The molecule has 0 saturated carbocycles. The van der Waals surface area contributed by atoms with Gasteiger partial charge in [0.25, 0.3) is 5.91 Å². The summed E-state index contributed by atoms with van der Waals surface area (Å²) in [6.07, 6.45) is 4.48. The van der Waals surface area contributed by atoms with Crippen LogP contribution in [0.15, 0.2) is 53.4 Å².